The van der Waals surface area contributed by atoms with Crippen LogP contribution in [-0.4, -0.2) is 16.5 Å². The van der Waals surface area contributed by atoms with E-state index < -0.39 is 5.60 Å². The fraction of sp³-hybridized carbons (Fsp3) is 0.615. The molecule has 1 unspecified atom stereocenters. The van der Waals surface area contributed by atoms with E-state index in [-0.39, 0.29) is 12.2 Å². The van der Waals surface area contributed by atoms with Crippen LogP contribution in [0, 0.1) is 11.8 Å². The van der Waals surface area contributed by atoms with Crippen molar-refractivity contribution < 1.29 is 9.90 Å². The zero-order valence-corrected chi connectivity index (χ0v) is 9.25. The molecule has 0 spiro atoms. The molecule has 0 aromatic rings. The third kappa shape index (κ3) is 4.31. The van der Waals surface area contributed by atoms with Crippen molar-refractivity contribution >= 4 is 5.78 Å². The molecule has 0 amide bonds. The molecule has 1 aliphatic carbocycles. The fourth-order valence-corrected chi connectivity index (χ4v) is 1.56. The predicted octanol–water partition coefficient (Wildman–Crippen LogP) is 2.22. The summed E-state index contributed by atoms with van der Waals surface area (Å²) in [5.41, 5.74) is -1.18. The van der Waals surface area contributed by atoms with Gasteiger partial charge in [-0.2, -0.15) is 0 Å². The molecule has 1 rings (SSSR count). The maximum Gasteiger partial charge on any atom is 0.159 e. The summed E-state index contributed by atoms with van der Waals surface area (Å²) in [6, 6.07) is 0. The molecule has 1 N–H and O–H groups in total. The molecule has 0 saturated heterocycles. The van der Waals surface area contributed by atoms with E-state index in [0.29, 0.717) is 0 Å². The molecule has 1 aliphatic rings. The van der Waals surface area contributed by atoms with Crippen LogP contribution in [0.5, 0.6) is 0 Å². The molecule has 15 heavy (non-hydrogen) atoms. The van der Waals surface area contributed by atoms with Crippen molar-refractivity contribution in [3.05, 3.63) is 12.2 Å². The zero-order valence-electron chi connectivity index (χ0n) is 9.25. The topological polar surface area (TPSA) is 37.3 Å². The standard InChI is InChI=1S/C13H18O2/c1-2-3-4-5-6-7-9-13(15)10-8-12(14)11-13/h8,10,15H,2-6,11H2,1H3. The molecule has 0 aliphatic heterocycles. The van der Waals surface area contributed by atoms with Crippen LogP contribution in [0.15, 0.2) is 12.2 Å². The van der Waals surface area contributed by atoms with Gasteiger partial charge in [-0.3, -0.25) is 4.79 Å². The van der Waals surface area contributed by atoms with E-state index in [9.17, 15) is 9.90 Å². The average Bonchev–Trinajstić information content (AvgIpc) is 2.53. The van der Waals surface area contributed by atoms with E-state index in [1.54, 1.807) is 0 Å². The summed E-state index contributed by atoms with van der Waals surface area (Å²) in [6.07, 6.45) is 8.56. The highest BCUT2D eigenvalue weighted by Crippen LogP contribution is 2.18. The van der Waals surface area contributed by atoms with Crippen molar-refractivity contribution in [1.29, 1.82) is 0 Å². The van der Waals surface area contributed by atoms with Crippen molar-refractivity contribution in [2.24, 2.45) is 0 Å². The van der Waals surface area contributed by atoms with Crippen molar-refractivity contribution in [3.8, 4) is 11.8 Å². The van der Waals surface area contributed by atoms with E-state index in [4.69, 9.17) is 0 Å². The van der Waals surface area contributed by atoms with Gasteiger partial charge in [0.25, 0.3) is 0 Å². The molecule has 0 aromatic heterocycles. The number of rotatable bonds is 4. The Labute approximate surface area is 91.4 Å². The number of ketones is 1. The second-order valence-corrected chi connectivity index (χ2v) is 4.01. The van der Waals surface area contributed by atoms with Crippen molar-refractivity contribution in [1.82, 2.24) is 0 Å². The number of aliphatic hydroxyl groups is 1. The van der Waals surface area contributed by atoms with Gasteiger partial charge >= 0.3 is 0 Å². The van der Waals surface area contributed by atoms with Gasteiger partial charge in [0.2, 0.25) is 0 Å². The summed E-state index contributed by atoms with van der Waals surface area (Å²) >= 11 is 0. The molecular formula is C13H18O2. The summed E-state index contributed by atoms with van der Waals surface area (Å²) in [5.74, 6) is 5.66. The van der Waals surface area contributed by atoms with Crippen LogP contribution in [0.2, 0.25) is 0 Å². The highest BCUT2D eigenvalue weighted by Gasteiger charge is 2.28. The highest BCUT2D eigenvalue weighted by molar-refractivity contribution is 5.94. The molecule has 2 heteroatoms. The first kappa shape index (κ1) is 12.0. The fourth-order valence-electron chi connectivity index (χ4n) is 1.56. The summed E-state index contributed by atoms with van der Waals surface area (Å²) in [7, 11) is 0. The van der Waals surface area contributed by atoms with Crippen LogP contribution in [0.25, 0.3) is 0 Å². The Kier molecular flexibility index (Phi) is 4.58. The second-order valence-electron chi connectivity index (χ2n) is 4.01. The summed E-state index contributed by atoms with van der Waals surface area (Å²) < 4.78 is 0. The van der Waals surface area contributed by atoms with Crippen LogP contribution in [0.1, 0.15) is 45.4 Å². The number of unbranched alkanes of at least 4 members (excludes halogenated alkanes) is 4. The molecule has 0 fully saturated rings. The molecular weight excluding hydrogens is 188 g/mol. The van der Waals surface area contributed by atoms with Gasteiger partial charge < -0.3 is 5.11 Å². The first-order valence-corrected chi connectivity index (χ1v) is 5.61. The summed E-state index contributed by atoms with van der Waals surface area (Å²) in [6.45, 7) is 2.17. The number of hydrogen-bond acceptors (Lipinski definition) is 2. The Morgan fingerprint density at radius 3 is 2.87 bits per heavy atom. The molecule has 0 saturated carbocycles. The maximum absolute atomic E-state index is 10.9. The van der Waals surface area contributed by atoms with E-state index in [1.807, 2.05) is 0 Å². The van der Waals surface area contributed by atoms with Gasteiger partial charge in [0, 0.05) is 6.42 Å². The molecule has 0 radical (unpaired) electrons. The van der Waals surface area contributed by atoms with Crippen LogP contribution in [0.4, 0.5) is 0 Å². The number of carbonyl (C=O) groups excluding carboxylic acids is 1. The largest absolute Gasteiger partial charge is 0.374 e. The zero-order chi connectivity index (χ0) is 11.1. The third-order valence-electron chi connectivity index (χ3n) is 2.45. The molecule has 82 valence electrons. The lowest BCUT2D eigenvalue weighted by Crippen LogP contribution is -2.21. The Bertz CT molecular complexity index is 306. The van der Waals surface area contributed by atoms with Crippen LogP contribution >= 0.6 is 0 Å². The van der Waals surface area contributed by atoms with E-state index >= 15 is 0 Å². The molecule has 0 aromatic carbocycles. The summed E-state index contributed by atoms with van der Waals surface area (Å²) in [5, 5.41) is 9.78. The smallest absolute Gasteiger partial charge is 0.159 e. The minimum atomic E-state index is -1.18. The van der Waals surface area contributed by atoms with Crippen molar-refractivity contribution in [2.75, 3.05) is 0 Å². The van der Waals surface area contributed by atoms with Crippen LogP contribution in [-0.2, 0) is 4.79 Å². The van der Waals surface area contributed by atoms with E-state index in [2.05, 4.69) is 18.8 Å². The number of allylic oxidation sites excluding steroid dienone is 1. The van der Waals surface area contributed by atoms with E-state index in [0.717, 1.165) is 12.8 Å². The van der Waals surface area contributed by atoms with E-state index in [1.165, 1.54) is 31.4 Å². The Balaban J connectivity index is 2.26. The summed E-state index contributed by atoms with van der Waals surface area (Å²) in [4.78, 5) is 10.9. The minimum absolute atomic E-state index is 0.0437. The molecule has 1 atom stereocenters. The Morgan fingerprint density at radius 1 is 1.47 bits per heavy atom. The van der Waals surface area contributed by atoms with Gasteiger partial charge in [-0.15, -0.1) is 0 Å². The molecule has 0 heterocycles. The van der Waals surface area contributed by atoms with Crippen molar-refractivity contribution in [3.63, 3.8) is 0 Å². The highest BCUT2D eigenvalue weighted by atomic mass is 16.3. The first-order chi connectivity index (χ1) is 7.16. The lowest BCUT2D eigenvalue weighted by molar-refractivity contribution is -0.115. The van der Waals surface area contributed by atoms with Gasteiger partial charge in [-0.25, -0.2) is 0 Å². The lowest BCUT2D eigenvalue weighted by Gasteiger charge is -2.09. The lowest BCUT2D eigenvalue weighted by atomic mass is 10.0. The normalized spacial score (nSPS) is 24.0. The van der Waals surface area contributed by atoms with Gasteiger partial charge in [-0.1, -0.05) is 38.0 Å². The number of carbonyl (C=O) groups is 1. The van der Waals surface area contributed by atoms with Gasteiger partial charge in [-0.05, 0) is 18.6 Å². The van der Waals surface area contributed by atoms with Gasteiger partial charge in [0.15, 0.2) is 11.4 Å². The minimum Gasteiger partial charge on any atom is -0.374 e. The maximum atomic E-state index is 10.9. The molecule has 2 nitrogen and oxygen atoms in total. The predicted molar refractivity (Wildman–Crippen MR) is 60.2 cm³/mol. The Morgan fingerprint density at radius 2 is 2.27 bits per heavy atom. The quantitative estimate of drug-likeness (QED) is 0.565. The Hall–Kier alpha value is -1.07. The third-order valence-corrected chi connectivity index (χ3v) is 2.45. The molecule has 0 bridgehead atoms. The van der Waals surface area contributed by atoms with Crippen molar-refractivity contribution in [2.45, 2.75) is 51.0 Å². The van der Waals surface area contributed by atoms with Crippen LogP contribution in [0.3, 0.4) is 0 Å². The SMILES string of the molecule is CCCCCCC#CC1(O)C=CC(=O)C1. The monoisotopic (exact) mass is 206 g/mol. The average molecular weight is 206 g/mol. The van der Waals surface area contributed by atoms with Gasteiger partial charge in [0.05, 0.1) is 6.42 Å². The number of hydrogen-bond donors (Lipinski definition) is 1. The first-order valence-electron chi connectivity index (χ1n) is 5.61. The van der Waals surface area contributed by atoms with Gasteiger partial charge in [0.1, 0.15) is 0 Å². The van der Waals surface area contributed by atoms with Crippen LogP contribution < -0.4 is 0 Å². The second kappa shape index (κ2) is 5.72.